The first-order chi connectivity index (χ1) is 11.5. The lowest BCUT2D eigenvalue weighted by atomic mass is 10.0. The first kappa shape index (κ1) is 16.6. The number of piperidine rings is 1. The molecule has 0 aliphatic carbocycles. The molecule has 3 rings (SSSR count). The van der Waals surface area contributed by atoms with Gasteiger partial charge in [0.15, 0.2) is 5.69 Å². The fraction of sp³-hybridized carbons (Fsp3) is 0.500. The molecule has 0 atom stereocenters. The normalized spacial score (nSPS) is 16.3. The van der Waals surface area contributed by atoms with E-state index in [0.717, 1.165) is 38.2 Å². The van der Waals surface area contributed by atoms with Crippen molar-refractivity contribution in [3.05, 3.63) is 47.5 Å². The van der Waals surface area contributed by atoms with Crippen molar-refractivity contribution < 1.29 is 4.79 Å². The van der Waals surface area contributed by atoms with E-state index in [4.69, 9.17) is 0 Å². The van der Waals surface area contributed by atoms with Crippen LogP contribution >= 0.6 is 0 Å². The Labute approximate surface area is 143 Å². The number of carbonyl (C=O) groups excluding carboxylic acids is 1. The number of carbonyl (C=O) groups is 1. The van der Waals surface area contributed by atoms with Gasteiger partial charge >= 0.3 is 0 Å². The molecule has 0 N–H and O–H groups in total. The smallest absolute Gasteiger partial charge is 0.274 e. The van der Waals surface area contributed by atoms with Crippen molar-refractivity contribution in [1.29, 1.82) is 0 Å². The van der Waals surface area contributed by atoms with Gasteiger partial charge in [-0.1, -0.05) is 0 Å². The molecule has 128 valence electrons. The molecule has 24 heavy (non-hydrogen) atoms. The van der Waals surface area contributed by atoms with Gasteiger partial charge in [-0.3, -0.25) is 19.4 Å². The lowest BCUT2D eigenvalue weighted by Gasteiger charge is -2.36. The number of aryl methyl sites for hydroxylation is 2. The van der Waals surface area contributed by atoms with E-state index in [1.54, 1.807) is 4.68 Å². The Morgan fingerprint density at radius 1 is 1.29 bits per heavy atom. The quantitative estimate of drug-likeness (QED) is 0.860. The molecule has 1 aliphatic rings. The van der Waals surface area contributed by atoms with Crippen LogP contribution in [0.2, 0.25) is 0 Å². The third-order valence-corrected chi connectivity index (χ3v) is 4.91. The van der Waals surface area contributed by atoms with Gasteiger partial charge in [0.2, 0.25) is 0 Å². The van der Waals surface area contributed by atoms with Crippen LogP contribution in [0.5, 0.6) is 0 Å². The lowest BCUT2D eigenvalue weighted by molar-refractivity contribution is 0.0630. The number of rotatable bonds is 4. The van der Waals surface area contributed by atoms with E-state index >= 15 is 0 Å². The van der Waals surface area contributed by atoms with E-state index in [1.807, 2.05) is 44.4 Å². The SMILES string of the molecule is Cc1cc(C(=O)N(C)C2CCN(Cc3ccncc3)CC2)nn1C. The number of aromatic nitrogens is 3. The summed E-state index contributed by atoms with van der Waals surface area (Å²) in [6.07, 6.45) is 5.67. The van der Waals surface area contributed by atoms with Gasteiger partial charge in [0.05, 0.1) is 0 Å². The molecule has 0 aromatic carbocycles. The highest BCUT2D eigenvalue weighted by Crippen LogP contribution is 2.19. The molecule has 0 bridgehead atoms. The summed E-state index contributed by atoms with van der Waals surface area (Å²) < 4.78 is 1.75. The molecular weight excluding hydrogens is 302 g/mol. The van der Waals surface area contributed by atoms with Crippen LogP contribution in [0.3, 0.4) is 0 Å². The highest BCUT2D eigenvalue weighted by Gasteiger charge is 2.27. The summed E-state index contributed by atoms with van der Waals surface area (Å²) >= 11 is 0. The summed E-state index contributed by atoms with van der Waals surface area (Å²) in [4.78, 5) is 21.0. The van der Waals surface area contributed by atoms with E-state index in [-0.39, 0.29) is 11.9 Å². The minimum atomic E-state index is 0.0197. The lowest BCUT2D eigenvalue weighted by Crippen LogP contribution is -2.45. The van der Waals surface area contributed by atoms with Gasteiger partial charge < -0.3 is 4.90 Å². The fourth-order valence-corrected chi connectivity index (χ4v) is 3.22. The minimum absolute atomic E-state index is 0.0197. The number of amides is 1. The van der Waals surface area contributed by atoms with Gasteiger partial charge in [0.25, 0.3) is 5.91 Å². The van der Waals surface area contributed by atoms with Crippen molar-refractivity contribution in [1.82, 2.24) is 24.6 Å². The second-order valence-corrected chi connectivity index (χ2v) is 6.57. The molecular formula is C18H25N5O. The highest BCUT2D eigenvalue weighted by atomic mass is 16.2. The van der Waals surface area contributed by atoms with Gasteiger partial charge in [-0.2, -0.15) is 5.10 Å². The third kappa shape index (κ3) is 3.64. The molecule has 1 fully saturated rings. The maximum absolute atomic E-state index is 12.6. The number of likely N-dealkylation sites (tertiary alicyclic amines) is 1. The van der Waals surface area contributed by atoms with E-state index in [9.17, 15) is 4.79 Å². The van der Waals surface area contributed by atoms with E-state index in [2.05, 4.69) is 27.1 Å². The highest BCUT2D eigenvalue weighted by molar-refractivity contribution is 5.92. The molecule has 1 aliphatic heterocycles. The van der Waals surface area contributed by atoms with Crippen molar-refractivity contribution >= 4 is 5.91 Å². The Morgan fingerprint density at radius 3 is 2.54 bits per heavy atom. The van der Waals surface area contributed by atoms with Crippen LogP contribution in [0.1, 0.15) is 34.6 Å². The average molecular weight is 327 g/mol. The first-order valence-electron chi connectivity index (χ1n) is 8.43. The second kappa shape index (κ2) is 7.13. The van der Waals surface area contributed by atoms with Gasteiger partial charge in [0.1, 0.15) is 0 Å². The maximum atomic E-state index is 12.6. The minimum Gasteiger partial charge on any atom is -0.337 e. The van der Waals surface area contributed by atoms with Crippen LogP contribution in [0.4, 0.5) is 0 Å². The van der Waals surface area contributed by atoms with Crippen molar-refractivity contribution in [2.75, 3.05) is 20.1 Å². The van der Waals surface area contributed by atoms with Crippen LogP contribution in [0, 0.1) is 6.92 Å². The van der Waals surface area contributed by atoms with Crippen LogP contribution in [0.15, 0.2) is 30.6 Å². The van der Waals surface area contributed by atoms with E-state index in [0.29, 0.717) is 5.69 Å². The Morgan fingerprint density at radius 2 is 1.96 bits per heavy atom. The summed E-state index contributed by atoms with van der Waals surface area (Å²) in [6, 6.07) is 6.27. The molecule has 6 nitrogen and oxygen atoms in total. The molecule has 0 radical (unpaired) electrons. The van der Waals surface area contributed by atoms with E-state index in [1.165, 1.54) is 5.56 Å². The number of hydrogen-bond acceptors (Lipinski definition) is 4. The van der Waals surface area contributed by atoms with Crippen molar-refractivity contribution in [2.45, 2.75) is 32.4 Å². The zero-order chi connectivity index (χ0) is 17.1. The zero-order valence-corrected chi connectivity index (χ0v) is 14.6. The van der Waals surface area contributed by atoms with Crippen LogP contribution in [-0.2, 0) is 13.6 Å². The Bertz CT molecular complexity index is 669. The Balaban J connectivity index is 1.55. The molecule has 0 unspecified atom stereocenters. The van der Waals surface area contributed by atoms with E-state index < -0.39 is 0 Å². The van der Waals surface area contributed by atoms with Crippen LogP contribution in [-0.4, -0.2) is 56.7 Å². The Kier molecular flexibility index (Phi) is 4.94. The second-order valence-electron chi connectivity index (χ2n) is 6.57. The van der Waals surface area contributed by atoms with Gasteiger partial charge in [0, 0.05) is 57.9 Å². The van der Waals surface area contributed by atoms with Crippen molar-refractivity contribution in [3.8, 4) is 0 Å². The van der Waals surface area contributed by atoms with Gasteiger partial charge in [-0.05, 0) is 43.5 Å². The molecule has 0 spiro atoms. The third-order valence-electron chi connectivity index (χ3n) is 4.91. The maximum Gasteiger partial charge on any atom is 0.274 e. The summed E-state index contributed by atoms with van der Waals surface area (Å²) in [7, 11) is 3.76. The number of nitrogens with zero attached hydrogens (tertiary/aromatic N) is 5. The number of hydrogen-bond donors (Lipinski definition) is 0. The molecule has 1 amide bonds. The van der Waals surface area contributed by atoms with Crippen LogP contribution < -0.4 is 0 Å². The number of pyridine rings is 1. The topological polar surface area (TPSA) is 54.3 Å². The van der Waals surface area contributed by atoms with Gasteiger partial charge in [-0.15, -0.1) is 0 Å². The average Bonchev–Trinajstić information content (AvgIpc) is 2.94. The predicted octanol–water partition coefficient (Wildman–Crippen LogP) is 1.86. The molecule has 1 saturated heterocycles. The summed E-state index contributed by atoms with van der Waals surface area (Å²) in [5.74, 6) is 0.0197. The first-order valence-corrected chi connectivity index (χ1v) is 8.43. The monoisotopic (exact) mass is 327 g/mol. The van der Waals surface area contributed by atoms with Crippen molar-refractivity contribution in [3.63, 3.8) is 0 Å². The summed E-state index contributed by atoms with van der Waals surface area (Å²) in [5, 5.41) is 4.31. The largest absolute Gasteiger partial charge is 0.337 e. The molecule has 6 heteroatoms. The predicted molar refractivity (Wildman–Crippen MR) is 92.6 cm³/mol. The molecule has 0 saturated carbocycles. The molecule has 2 aromatic rings. The summed E-state index contributed by atoms with van der Waals surface area (Å²) in [5.41, 5.74) is 2.83. The summed E-state index contributed by atoms with van der Waals surface area (Å²) in [6.45, 7) is 4.92. The Hall–Kier alpha value is -2.21. The fourth-order valence-electron chi connectivity index (χ4n) is 3.22. The van der Waals surface area contributed by atoms with Crippen molar-refractivity contribution in [2.24, 2.45) is 7.05 Å². The molecule has 3 heterocycles. The van der Waals surface area contributed by atoms with Crippen LogP contribution in [0.25, 0.3) is 0 Å². The molecule has 2 aromatic heterocycles. The zero-order valence-electron chi connectivity index (χ0n) is 14.6. The van der Waals surface area contributed by atoms with Gasteiger partial charge in [-0.25, -0.2) is 0 Å². The standard InChI is InChI=1S/C18H25N5O/c1-14-12-17(20-22(14)3)18(24)21(2)16-6-10-23(11-7-16)13-15-4-8-19-9-5-15/h4-5,8-9,12,16H,6-7,10-11,13H2,1-3H3.